The Morgan fingerprint density at radius 2 is 1.76 bits per heavy atom. The van der Waals surface area contributed by atoms with E-state index < -0.39 is 0 Å². The summed E-state index contributed by atoms with van der Waals surface area (Å²) in [6.45, 7) is 4.56. The minimum Gasteiger partial charge on any atom is -0.361 e. The Kier molecular flexibility index (Phi) is 4.53. The number of H-pyrrole nitrogens is 1. The molecule has 4 nitrogen and oxygen atoms in total. The summed E-state index contributed by atoms with van der Waals surface area (Å²) in [5.41, 5.74) is 3.17. The molecule has 1 aromatic heterocycles. The topological polar surface area (TPSA) is 39.3 Å². The van der Waals surface area contributed by atoms with E-state index >= 15 is 0 Å². The Morgan fingerprint density at radius 1 is 0.960 bits per heavy atom. The maximum atomic E-state index is 12.7. The van der Waals surface area contributed by atoms with Crippen molar-refractivity contribution in [2.75, 3.05) is 32.7 Å². The SMILES string of the molecule is O=C(c1ccc2cc[nH]c2c1)N1CCN(CCc2ccccc2)CC1. The first-order valence-corrected chi connectivity index (χ1v) is 8.92. The molecule has 3 aromatic rings. The van der Waals surface area contributed by atoms with Gasteiger partial charge in [-0.05, 0) is 35.6 Å². The zero-order valence-corrected chi connectivity index (χ0v) is 14.3. The highest BCUT2D eigenvalue weighted by atomic mass is 16.2. The van der Waals surface area contributed by atoms with E-state index in [9.17, 15) is 4.79 Å². The first kappa shape index (κ1) is 15.9. The second kappa shape index (κ2) is 7.11. The number of nitrogens with one attached hydrogen (secondary N) is 1. The summed E-state index contributed by atoms with van der Waals surface area (Å²) >= 11 is 0. The van der Waals surface area contributed by atoms with Gasteiger partial charge >= 0.3 is 0 Å². The standard InChI is InChI=1S/C21H23N3O/c25-21(19-7-6-18-8-10-22-20(18)16-19)24-14-12-23(13-15-24)11-9-17-4-2-1-3-5-17/h1-8,10,16,22H,9,11-15H2. The van der Waals surface area contributed by atoms with Crippen LogP contribution >= 0.6 is 0 Å². The normalized spacial score (nSPS) is 15.6. The Bertz CT molecular complexity index is 848. The van der Waals surface area contributed by atoms with Crippen LogP contribution < -0.4 is 0 Å². The van der Waals surface area contributed by atoms with Crippen LogP contribution in [0.25, 0.3) is 10.9 Å². The minimum atomic E-state index is 0.138. The van der Waals surface area contributed by atoms with Crippen molar-refractivity contribution in [3.05, 3.63) is 71.9 Å². The Balaban J connectivity index is 1.32. The molecule has 0 saturated carbocycles. The number of piperazine rings is 1. The number of nitrogens with zero attached hydrogens (tertiary/aromatic N) is 2. The highest BCUT2D eigenvalue weighted by Gasteiger charge is 2.22. The van der Waals surface area contributed by atoms with Crippen LogP contribution in [0, 0.1) is 0 Å². The Morgan fingerprint density at radius 3 is 2.56 bits per heavy atom. The first-order chi connectivity index (χ1) is 12.3. The summed E-state index contributed by atoms with van der Waals surface area (Å²) in [7, 11) is 0. The van der Waals surface area contributed by atoms with Crippen LogP contribution in [-0.4, -0.2) is 53.4 Å². The minimum absolute atomic E-state index is 0.138. The Hall–Kier alpha value is -2.59. The number of amides is 1. The van der Waals surface area contributed by atoms with Gasteiger partial charge in [0, 0.05) is 50.0 Å². The van der Waals surface area contributed by atoms with Gasteiger partial charge in [-0.25, -0.2) is 0 Å². The third-order valence-corrected chi connectivity index (χ3v) is 5.02. The van der Waals surface area contributed by atoms with Gasteiger partial charge in [-0.2, -0.15) is 0 Å². The molecule has 25 heavy (non-hydrogen) atoms. The van der Waals surface area contributed by atoms with Gasteiger partial charge in [0.1, 0.15) is 0 Å². The maximum absolute atomic E-state index is 12.7. The largest absolute Gasteiger partial charge is 0.361 e. The molecule has 1 aliphatic rings. The molecule has 4 rings (SSSR count). The zero-order chi connectivity index (χ0) is 17.1. The van der Waals surface area contributed by atoms with Crippen LogP contribution in [-0.2, 0) is 6.42 Å². The van der Waals surface area contributed by atoms with Crippen molar-refractivity contribution in [2.45, 2.75) is 6.42 Å². The van der Waals surface area contributed by atoms with Gasteiger partial charge in [-0.1, -0.05) is 36.4 Å². The molecule has 0 radical (unpaired) electrons. The van der Waals surface area contributed by atoms with Crippen molar-refractivity contribution < 1.29 is 4.79 Å². The molecular weight excluding hydrogens is 310 g/mol. The number of hydrogen-bond acceptors (Lipinski definition) is 2. The van der Waals surface area contributed by atoms with Crippen molar-refractivity contribution >= 4 is 16.8 Å². The van der Waals surface area contributed by atoms with Gasteiger partial charge in [0.05, 0.1) is 0 Å². The number of hydrogen-bond donors (Lipinski definition) is 1. The molecule has 1 aliphatic heterocycles. The molecule has 0 bridgehead atoms. The van der Waals surface area contributed by atoms with E-state index in [1.165, 1.54) is 5.56 Å². The molecule has 0 aliphatic carbocycles. The van der Waals surface area contributed by atoms with Crippen LogP contribution in [0.3, 0.4) is 0 Å². The molecular formula is C21H23N3O. The van der Waals surface area contributed by atoms with Crippen LogP contribution in [0.2, 0.25) is 0 Å². The summed E-state index contributed by atoms with van der Waals surface area (Å²) in [4.78, 5) is 20.3. The van der Waals surface area contributed by atoms with E-state index in [4.69, 9.17) is 0 Å². The van der Waals surface area contributed by atoms with E-state index in [-0.39, 0.29) is 5.91 Å². The van der Waals surface area contributed by atoms with E-state index in [2.05, 4.69) is 40.2 Å². The van der Waals surface area contributed by atoms with Gasteiger partial charge < -0.3 is 9.88 Å². The summed E-state index contributed by atoms with van der Waals surface area (Å²) in [6, 6.07) is 18.5. The Labute approximate surface area is 148 Å². The molecule has 128 valence electrons. The van der Waals surface area contributed by atoms with Gasteiger partial charge in [0.15, 0.2) is 0 Å². The van der Waals surface area contributed by atoms with Crippen LogP contribution in [0.5, 0.6) is 0 Å². The number of aromatic amines is 1. The molecule has 2 heterocycles. The van der Waals surface area contributed by atoms with Crippen molar-refractivity contribution in [3.8, 4) is 0 Å². The van der Waals surface area contributed by atoms with Gasteiger partial charge in [-0.3, -0.25) is 9.69 Å². The predicted molar refractivity (Wildman–Crippen MR) is 101 cm³/mol. The smallest absolute Gasteiger partial charge is 0.254 e. The number of rotatable bonds is 4. The van der Waals surface area contributed by atoms with E-state index in [0.717, 1.165) is 55.6 Å². The average molecular weight is 333 g/mol. The van der Waals surface area contributed by atoms with Gasteiger partial charge in [0.25, 0.3) is 5.91 Å². The lowest BCUT2D eigenvalue weighted by Gasteiger charge is -2.34. The lowest BCUT2D eigenvalue weighted by Crippen LogP contribution is -2.49. The van der Waals surface area contributed by atoms with E-state index in [1.54, 1.807) is 0 Å². The van der Waals surface area contributed by atoms with Crippen LogP contribution in [0.1, 0.15) is 15.9 Å². The molecule has 4 heteroatoms. The monoisotopic (exact) mass is 333 g/mol. The second-order valence-electron chi connectivity index (χ2n) is 6.65. The average Bonchev–Trinajstić information content (AvgIpc) is 3.15. The predicted octanol–water partition coefficient (Wildman–Crippen LogP) is 3.17. The molecule has 1 N–H and O–H groups in total. The highest BCUT2D eigenvalue weighted by molar-refractivity contribution is 5.98. The highest BCUT2D eigenvalue weighted by Crippen LogP contribution is 2.16. The third-order valence-electron chi connectivity index (χ3n) is 5.02. The number of fused-ring (bicyclic) bond motifs is 1. The fourth-order valence-electron chi connectivity index (χ4n) is 3.47. The van der Waals surface area contributed by atoms with Crippen molar-refractivity contribution in [3.63, 3.8) is 0 Å². The summed E-state index contributed by atoms with van der Waals surface area (Å²) in [5.74, 6) is 0.138. The fraction of sp³-hybridized carbons (Fsp3) is 0.286. The fourth-order valence-corrected chi connectivity index (χ4v) is 3.47. The molecule has 0 spiro atoms. The number of benzene rings is 2. The van der Waals surface area contributed by atoms with E-state index in [1.807, 2.05) is 35.4 Å². The van der Waals surface area contributed by atoms with Crippen molar-refractivity contribution in [2.24, 2.45) is 0 Å². The molecule has 1 fully saturated rings. The molecule has 0 unspecified atom stereocenters. The van der Waals surface area contributed by atoms with Crippen molar-refractivity contribution in [1.82, 2.24) is 14.8 Å². The lowest BCUT2D eigenvalue weighted by molar-refractivity contribution is 0.0638. The van der Waals surface area contributed by atoms with Gasteiger partial charge in [-0.15, -0.1) is 0 Å². The van der Waals surface area contributed by atoms with E-state index in [0.29, 0.717) is 0 Å². The number of aromatic nitrogens is 1. The molecule has 1 amide bonds. The van der Waals surface area contributed by atoms with Crippen LogP contribution in [0.4, 0.5) is 0 Å². The molecule has 2 aromatic carbocycles. The van der Waals surface area contributed by atoms with Crippen molar-refractivity contribution in [1.29, 1.82) is 0 Å². The number of carbonyl (C=O) groups excluding carboxylic acids is 1. The first-order valence-electron chi connectivity index (χ1n) is 8.92. The zero-order valence-electron chi connectivity index (χ0n) is 14.3. The van der Waals surface area contributed by atoms with Crippen LogP contribution in [0.15, 0.2) is 60.8 Å². The third kappa shape index (κ3) is 3.59. The lowest BCUT2D eigenvalue weighted by atomic mass is 10.1. The molecule has 0 atom stereocenters. The summed E-state index contributed by atoms with van der Waals surface area (Å²) < 4.78 is 0. The second-order valence-corrected chi connectivity index (χ2v) is 6.65. The van der Waals surface area contributed by atoms with Gasteiger partial charge in [0.2, 0.25) is 0 Å². The molecule has 1 saturated heterocycles. The summed E-state index contributed by atoms with van der Waals surface area (Å²) in [5, 5.41) is 1.14. The number of carbonyl (C=O) groups is 1. The quantitative estimate of drug-likeness (QED) is 0.796. The summed E-state index contributed by atoms with van der Waals surface area (Å²) in [6.07, 6.45) is 2.97. The maximum Gasteiger partial charge on any atom is 0.254 e.